The zero-order chi connectivity index (χ0) is 10.6. The molecule has 0 spiro atoms. The Morgan fingerprint density at radius 3 is 2.64 bits per heavy atom. The van der Waals surface area contributed by atoms with Gasteiger partial charge in [-0.3, -0.25) is 9.13 Å². The zero-order valence-corrected chi connectivity index (χ0v) is 11.1. The van der Waals surface area contributed by atoms with Crippen molar-refractivity contribution in [1.82, 2.24) is 0 Å². The van der Waals surface area contributed by atoms with Crippen LogP contribution in [0.2, 0.25) is 0 Å². The molecule has 0 bridgehead atoms. The maximum Gasteiger partial charge on any atom is 0.185 e. The van der Waals surface area contributed by atoms with Crippen molar-refractivity contribution in [2.24, 2.45) is 0 Å². The van der Waals surface area contributed by atoms with Crippen molar-refractivity contribution >= 4 is 41.3 Å². The van der Waals surface area contributed by atoms with E-state index in [-0.39, 0.29) is 22.2 Å². The van der Waals surface area contributed by atoms with Gasteiger partial charge in [0.15, 0.2) is 21.1 Å². The molecule has 0 fully saturated rings. The van der Waals surface area contributed by atoms with Crippen molar-refractivity contribution in [2.75, 3.05) is 0 Å². The van der Waals surface area contributed by atoms with Gasteiger partial charge in [0.05, 0.1) is 0 Å². The molecule has 0 N–H and O–H groups in total. The third-order valence-corrected chi connectivity index (χ3v) is 5.43. The van der Waals surface area contributed by atoms with Crippen molar-refractivity contribution in [3.05, 3.63) is 23.1 Å². The predicted octanol–water partition coefficient (Wildman–Crippen LogP) is 4.12. The standard InChI is InChI=1S/C8H10O2P2S2/c1-8(11-9,12-10)14-7-4-2-6(13)3-5-7/h2-4,7,13H,5H2,1H3. The molecule has 2 nitrogen and oxygen atoms in total. The van der Waals surface area contributed by atoms with Gasteiger partial charge >= 0.3 is 0 Å². The van der Waals surface area contributed by atoms with Gasteiger partial charge in [0.2, 0.25) is 0 Å². The molecule has 0 aromatic heterocycles. The number of thiol groups is 1. The molecule has 0 saturated carbocycles. The smallest absolute Gasteiger partial charge is 0.185 e. The fourth-order valence-corrected chi connectivity index (χ4v) is 3.43. The van der Waals surface area contributed by atoms with E-state index in [1.165, 1.54) is 11.8 Å². The molecule has 1 aliphatic carbocycles. The first-order chi connectivity index (χ1) is 6.59. The molecular weight excluding hydrogens is 254 g/mol. The SMILES string of the molecule is CC(P=O)(P=O)SC1C=CC(S)=CC1. The third-order valence-electron chi connectivity index (χ3n) is 1.75. The van der Waals surface area contributed by atoms with E-state index < -0.39 is 4.23 Å². The van der Waals surface area contributed by atoms with E-state index in [0.717, 1.165) is 11.3 Å². The minimum atomic E-state index is -0.725. The van der Waals surface area contributed by atoms with E-state index in [1.54, 1.807) is 6.92 Å². The molecule has 14 heavy (non-hydrogen) atoms. The van der Waals surface area contributed by atoms with Crippen LogP contribution in [-0.2, 0) is 9.13 Å². The topological polar surface area (TPSA) is 34.1 Å². The van der Waals surface area contributed by atoms with Gasteiger partial charge in [-0.1, -0.05) is 18.2 Å². The van der Waals surface area contributed by atoms with Crippen molar-refractivity contribution in [1.29, 1.82) is 0 Å². The Morgan fingerprint density at radius 2 is 2.21 bits per heavy atom. The summed E-state index contributed by atoms with van der Waals surface area (Å²) < 4.78 is 20.9. The maximum atomic E-state index is 10.8. The van der Waals surface area contributed by atoms with E-state index >= 15 is 0 Å². The van der Waals surface area contributed by atoms with Gasteiger partial charge in [0, 0.05) is 5.25 Å². The maximum absolute atomic E-state index is 10.8. The lowest BCUT2D eigenvalue weighted by Crippen LogP contribution is -2.10. The number of hydrogen-bond donors (Lipinski definition) is 1. The molecular formula is C8H10O2P2S2. The summed E-state index contributed by atoms with van der Waals surface area (Å²) in [5.41, 5.74) is 0. The summed E-state index contributed by atoms with van der Waals surface area (Å²) >= 11 is 5.65. The average molecular weight is 264 g/mol. The van der Waals surface area contributed by atoms with E-state index in [1.807, 2.05) is 18.2 Å². The summed E-state index contributed by atoms with van der Waals surface area (Å²) in [6.45, 7) is 1.72. The van der Waals surface area contributed by atoms with Crippen molar-refractivity contribution in [3.8, 4) is 0 Å². The van der Waals surface area contributed by atoms with Crippen LogP contribution < -0.4 is 0 Å². The first-order valence-corrected chi connectivity index (χ1v) is 6.99. The quantitative estimate of drug-likeness (QED) is 0.612. The first-order valence-electron chi connectivity index (χ1n) is 4.04. The molecule has 0 saturated heterocycles. The van der Waals surface area contributed by atoms with E-state index in [4.69, 9.17) is 0 Å². The summed E-state index contributed by atoms with van der Waals surface area (Å²) in [6.07, 6.45) is 6.76. The second kappa shape index (κ2) is 5.46. The Hall–Kier alpha value is 0.380. The van der Waals surface area contributed by atoms with Crippen LogP contribution in [0.4, 0.5) is 0 Å². The zero-order valence-electron chi connectivity index (χ0n) is 7.58. The Balaban J connectivity index is 2.58. The Labute approximate surface area is 96.4 Å². The molecule has 76 valence electrons. The van der Waals surface area contributed by atoms with Crippen LogP contribution in [0, 0.1) is 0 Å². The van der Waals surface area contributed by atoms with Crippen LogP contribution in [0.5, 0.6) is 0 Å². The molecule has 0 radical (unpaired) electrons. The third kappa shape index (κ3) is 3.51. The lowest BCUT2D eigenvalue weighted by atomic mass is 10.2. The molecule has 1 atom stereocenters. The molecule has 0 aliphatic heterocycles. The van der Waals surface area contributed by atoms with Gasteiger partial charge in [0.1, 0.15) is 0 Å². The highest BCUT2D eigenvalue weighted by Crippen LogP contribution is 2.48. The number of rotatable bonds is 4. The largest absolute Gasteiger partial charge is 0.273 e. The molecule has 0 aromatic rings. The van der Waals surface area contributed by atoms with Crippen LogP contribution in [0.1, 0.15) is 13.3 Å². The summed E-state index contributed by atoms with van der Waals surface area (Å²) in [5.74, 6) is 0. The van der Waals surface area contributed by atoms with Crippen molar-refractivity contribution in [3.63, 3.8) is 0 Å². The number of allylic oxidation sites excluding steroid dienone is 2. The lowest BCUT2D eigenvalue weighted by Gasteiger charge is -2.20. The van der Waals surface area contributed by atoms with E-state index in [2.05, 4.69) is 12.6 Å². The molecule has 0 aromatic carbocycles. The number of thioether (sulfide) groups is 1. The highest BCUT2D eigenvalue weighted by Gasteiger charge is 2.30. The number of hydrogen-bond acceptors (Lipinski definition) is 4. The summed E-state index contributed by atoms with van der Waals surface area (Å²) in [4.78, 5) is 0.947. The Kier molecular flexibility index (Phi) is 4.86. The highest BCUT2D eigenvalue weighted by molar-refractivity contribution is 8.09. The van der Waals surface area contributed by atoms with Gasteiger partial charge < -0.3 is 0 Å². The molecule has 1 rings (SSSR count). The summed E-state index contributed by atoms with van der Waals surface area (Å²) in [6, 6.07) is 0. The van der Waals surface area contributed by atoms with Gasteiger partial charge in [-0.25, -0.2) is 0 Å². The fourth-order valence-electron chi connectivity index (χ4n) is 1.02. The van der Waals surface area contributed by atoms with Crippen LogP contribution in [0.3, 0.4) is 0 Å². The van der Waals surface area contributed by atoms with Crippen LogP contribution in [0.25, 0.3) is 0 Å². The first kappa shape index (κ1) is 12.4. The van der Waals surface area contributed by atoms with Crippen LogP contribution >= 0.6 is 41.3 Å². The van der Waals surface area contributed by atoms with Crippen molar-refractivity contribution < 1.29 is 9.13 Å². The molecule has 1 aliphatic rings. The average Bonchev–Trinajstić information content (AvgIpc) is 2.21. The van der Waals surface area contributed by atoms with Gasteiger partial charge in [-0.2, -0.15) is 0 Å². The second-order valence-corrected chi connectivity index (χ2v) is 8.28. The minimum Gasteiger partial charge on any atom is -0.273 e. The van der Waals surface area contributed by atoms with Crippen LogP contribution in [-0.4, -0.2) is 9.48 Å². The van der Waals surface area contributed by atoms with Gasteiger partial charge in [0.25, 0.3) is 0 Å². The predicted molar refractivity (Wildman–Crippen MR) is 65.8 cm³/mol. The van der Waals surface area contributed by atoms with Gasteiger partial charge in [-0.05, 0) is 18.2 Å². The minimum absolute atomic E-state index is 0.0922. The molecule has 6 heteroatoms. The Bertz CT molecular complexity index is 294. The normalized spacial score (nSPS) is 26.1. The van der Waals surface area contributed by atoms with E-state index in [9.17, 15) is 9.13 Å². The van der Waals surface area contributed by atoms with Gasteiger partial charge in [-0.15, -0.1) is 24.4 Å². The molecule has 0 heterocycles. The lowest BCUT2D eigenvalue weighted by molar-refractivity contribution is 0.587. The fraction of sp³-hybridized carbons (Fsp3) is 0.500. The molecule has 1 unspecified atom stereocenters. The van der Waals surface area contributed by atoms with E-state index in [0.29, 0.717) is 0 Å². The summed E-state index contributed by atoms with van der Waals surface area (Å²) in [7, 11) is -0.184. The monoisotopic (exact) mass is 264 g/mol. The van der Waals surface area contributed by atoms with Crippen LogP contribution in [0.15, 0.2) is 23.1 Å². The summed E-state index contributed by atoms with van der Waals surface area (Å²) in [5, 5.41) is 0.235. The van der Waals surface area contributed by atoms with Crippen molar-refractivity contribution in [2.45, 2.75) is 22.8 Å². The Morgan fingerprint density at radius 1 is 1.57 bits per heavy atom. The highest BCUT2D eigenvalue weighted by atomic mass is 32.2. The molecule has 0 amide bonds. The second-order valence-electron chi connectivity index (χ2n) is 3.00.